The molecule has 4 nitrogen and oxygen atoms in total. The van der Waals surface area contributed by atoms with E-state index in [1.165, 1.54) is 0 Å². The quantitative estimate of drug-likeness (QED) is 0.633. The summed E-state index contributed by atoms with van der Waals surface area (Å²) in [5.41, 5.74) is 1.07. The van der Waals surface area contributed by atoms with Gasteiger partial charge in [-0.15, -0.1) is 5.10 Å². The number of ether oxygens (including phenoxy) is 2. The molecule has 2 heterocycles. The molecule has 0 fully saturated rings. The molecule has 0 radical (unpaired) electrons. The molecule has 4 rings (SSSR count). The standard InChI is InChI=1S/C18H15ClN2O2S/c19-15-8-12(9-16-17(15)23-7-3-6-22-16)11-24-18-14-5-2-1-4-13(14)10-20-21-18/h1-2,4-5,8-10H,3,6-7,11H2. The van der Waals surface area contributed by atoms with E-state index in [4.69, 9.17) is 21.1 Å². The Morgan fingerprint density at radius 1 is 1.12 bits per heavy atom. The molecule has 1 aliphatic rings. The minimum Gasteiger partial charge on any atom is -0.489 e. The Labute approximate surface area is 149 Å². The normalized spacial score (nSPS) is 13.7. The van der Waals surface area contributed by atoms with Crippen molar-refractivity contribution in [2.45, 2.75) is 17.2 Å². The van der Waals surface area contributed by atoms with Gasteiger partial charge in [0.25, 0.3) is 0 Å². The van der Waals surface area contributed by atoms with Crippen LogP contribution in [0.15, 0.2) is 47.6 Å². The van der Waals surface area contributed by atoms with Gasteiger partial charge in [0.1, 0.15) is 5.03 Å². The van der Waals surface area contributed by atoms with Crippen LogP contribution >= 0.6 is 23.4 Å². The minimum atomic E-state index is 0.592. The average molecular weight is 359 g/mol. The van der Waals surface area contributed by atoms with Gasteiger partial charge in [-0.25, -0.2) is 0 Å². The first-order valence-electron chi connectivity index (χ1n) is 7.72. The molecule has 0 N–H and O–H groups in total. The van der Waals surface area contributed by atoms with Crippen molar-refractivity contribution in [3.8, 4) is 11.5 Å². The third-order valence-corrected chi connectivity index (χ3v) is 5.11. The predicted molar refractivity (Wildman–Crippen MR) is 96.2 cm³/mol. The van der Waals surface area contributed by atoms with Crippen LogP contribution < -0.4 is 9.47 Å². The Balaban J connectivity index is 1.59. The summed E-state index contributed by atoms with van der Waals surface area (Å²) in [6.07, 6.45) is 2.64. The van der Waals surface area contributed by atoms with Crippen LogP contribution in [0.2, 0.25) is 5.02 Å². The van der Waals surface area contributed by atoms with E-state index in [-0.39, 0.29) is 0 Å². The number of thioether (sulfide) groups is 1. The molecular formula is C18H15ClN2O2S. The summed E-state index contributed by atoms with van der Waals surface area (Å²) in [6.45, 7) is 1.28. The molecule has 24 heavy (non-hydrogen) atoms. The number of hydrogen-bond donors (Lipinski definition) is 0. The van der Waals surface area contributed by atoms with Gasteiger partial charge in [-0.2, -0.15) is 5.10 Å². The van der Waals surface area contributed by atoms with Crippen LogP contribution in [0.5, 0.6) is 11.5 Å². The maximum absolute atomic E-state index is 6.35. The molecule has 0 saturated carbocycles. The number of hydrogen-bond acceptors (Lipinski definition) is 5. The van der Waals surface area contributed by atoms with Gasteiger partial charge in [0, 0.05) is 22.9 Å². The van der Waals surface area contributed by atoms with Crippen LogP contribution in [0.4, 0.5) is 0 Å². The molecular weight excluding hydrogens is 344 g/mol. The molecule has 3 aromatic rings. The molecule has 0 spiro atoms. The number of aromatic nitrogens is 2. The van der Waals surface area contributed by atoms with Crippen LogP contribution in [0.25, 0.3) is 10.8 Å². The first-order valence-corrected chi connectivity index (χ1v) is 9.09. The van der Waals surface area contributed by atoms with E-state index in [1.54, 1.807) is 18.0 Å². The summed E-state index contributed by atoms with van der Waals surface area (Å²) in [5.74, 6) is 2.10. The molecule has 0 bridgehead atoms. The maximum atomic E-state index is 6.35. The van der Waals surface area contributed by atoms with E-state index in [0.717, 1.165) is 39.3 Å². The number of benzene rings is 2. The van der Waals surface area contributed by atoms with Gasteiger partial charge < -0.3 is 9.47 Å². The molecule has 6 heteroatoms. The molecule has 0 unspecified atom stereocenters. The predicted octanol–water partition coefficient (Wildman–Crippen LogP) is 4.74. The van der Waals surface area contributed by atoms with E-state index >= 15 is 0 Å². The van der Waals surface area contributed by atoms with Crippen LogP contribution in [-0.2, 0) is 5.75 Å². The van der Waals surface area contributed by atoms with E-state index in [0.29, 0.717) is 24.0 Å². The lowest BCUT2D eigenvalue weighted by Gasteiger charge is -2.11. The molecule has 1 aromatic heterocycles. The topological polar surface area (TPSA) is 44.2 Å². The summed E-state index contributed by atoms with van der Waals surface area (Å²) >= 11 is 7.99. The van der Waals surface area contributed by atoms with Gasteiger partial charge in [0.05, 0.1) is 24.4 Å². The van der Waals surface area contributed by atoms with Crippen molar-refractivity contribution in [2.75, 3.05) is 13.2 Å². The third-order valence-electron chi connectivity index (χ3n) is 3.77. The zero-order chi connectivity index (χ0) is 16.4. The monoisotopic (exact) mass is 358 g/mol. The second kappa shape index (κ2) is 6.87. The molecule has 0 amide bonds. The van der Waals surface area contributed by atoms with Crippen molar-refractivity contribution in [1.82, 2.24) is 10.2 Å². The number of fused-ring (bicyclic) bond motifs is 2. The zero-order valence-corrected chi connectivity index (χ0v) is 14.4. The van der Waals surface area contributed by atoms with Crippen molar-refractivity contribution in [1.29, 1.82) is 0 Å². The SMILES string of the molecule is Clc1cc(CSc2nncc3ccccc23)cc2c1OCCCO2. The third kappa shape index (κ3) is 3.14. The van der Waals surface area contributed by atoms with Crippen LogP contribution in [0.3, 0.4) is 0 Å². The lowest BCUT2D eigenvalue weighted by molar-refractivity contribution is 0.297. The Kier molecular flexibility index (Phi) is 4.45. The number of rotatable bonds is 3. The second-order valence-corrected chi connectivity index (χ2v) is 6.85. The zero-order valence-electron chi connectivity index (χ0n) is 12.9. The van der Waals surface area contributed by atoms with Gasteiger partial charge >= 0.3 is 0 Å². The summed E-state index contributed by atoms with van der Waals surface area (Å²) in [4.78, 5) is 0. The minimum absolute atomic E-state index is 0.592. The molecule has 1 aliphatic heterocycles. The Hall–Kier alpha value is -1.98. The summed E-state index contributed by atoms with van der Waals surface area (Å²) in [7, 11) is 0. The van der Waals surface area contributed by atoms with Gasteiger partial charge in [0.15, 0.2) is 11.5 Å². The van der Waals surface area contributed by atoms with Gasteiger partial charge in [0.2, 0.25) is 0 Å². The lowest BCUT2D eigenvalue weighted by Crippen LogP contribution is -1.97. The van der Waals surface area contributed by atoms with Crippen LogP contribution in [0.1, 0.15) is 12.0 Å². The molecule has 122 valence electrons. The van der Waals surface area contributed by atoms with Crippen LogP contribution in [0, 0.1) is 0 Å². The first-order chi connectivity index (χ1) is 11.8. The fourth-order valence-electron chi connectivity index (χ4n) is 2.63. The smallest absolute Gasteiger partial charge is 0.179 e. The summed E-state index contributed by atoms with van der Waals surface area (Å²) in [6, 6.07) is 12.0. The highest BCUT2D eigenvalue weighted by molar-refractivity contribution is 7.98. The highest BCUT2D eigenvalue weighted by atomic mass is 35.5. The van der Waals surface area contributed by atoms with E-state index in [2.05, 4.69) is 16.3 Å². The molecule has 0 aliphatic carbocycles. The van der Waals surface area contributed by atoms with Crippen molar-refractivity contribution in [2.24, 2.45) is 0 Å². The highest BCUT2D eigenvalue weighted by Gasteiger charge is 2.16. The lowest BCUT2D eigenvalue weighted by atomic mass is 10.2. The fourth-order valence-corrected chi connectivity index (χ4v) is 3.83. The van der Waals surface area contributed by atoms with Crippen molar-refractivity contribution in [3.63, 3.8) is 0 Å². The van der Waals surface area contributed by atoms with Crippen molar-refractivity contribution < 1.29 is 9.47 Å². The van der Waals surface area contributed by atoms with Gasteiger partial charge in [-0.3, -0.25) is 0 Å². The fraction of sp³-hybridized carbons (Fsp3) is 0.222. The summed E-state index contributed by atoms with van der Waals surface area (Å²) in [5, 5.41) is 12.1. The first kappa shape index (κ1) is 15.5. The Bertz CT molecular complexity index is 883. The average Bonchev–Trinajstić information content (AvgIpc) is 2.86. The van der Waals surface area contributed by atoms with Crippen molar-refractivity contribution in [3.05, 3.63) is 53.2 Å². The van der Waals surface area contributed by atoms with Gasteiger partial charge in [-0.1, -0.05) is 47.6 Å². The largest absolute Gasteiger partial charge is 0.489 e. The van der Waals surface area contributed by atoms with Crippen molar-refractivity contribution >= 4 is 34.1 Å². The maximum Gasteiger partial charge on any atom is 0.179 e. The van der Waals surface area contributed by atoms with E-state index in [9.17, 15) is 0 Å². The molecule has 2 aromatic carbocycles. The Morgan fingerprint density at radius 2 is 2.00 bits per heavy atom. The van der Waals surface area contributed by atoms with E-state index in [1.807, 2.05) is 30.3 Å². The van der Waals surface area contributed by atoms with E-state index < -0.39 is 0 Å². The molecule has 0 saturated heterocycles. The number of halogens is 1. The molecule has 0 atom stereocenters. The Morgan fingerprint density at radius 3 is 2.96 bits per heavy atom. The summed E-state index contributed by atoms with van der Waals surface area (Å²) < 4.78 is 11.4. The second-order valence-electron chi connectivity index (χ2n) is 5.48. The highest BCUT2D eigenvalue weighted by Crippen LogP contribution is 2.39. The van der Waals surface area contributed by atoms with Crippen LogP contribution in [-0.4, -0.2) is 23.4 Å². The van der Waals surface area contributed by atoms with Gasteiger partial charge in [-0.05, 0) is 17.7 Å². The number of nitrogens with zero attached hydrogens (tertiary/aromatic N) is 2.